The molecule has 2 aromatic carbocycles. The van der Waals surface area contributed by atoms with Gasteiger partial charge in [0.1, 0.15) is 11.5 Å². The van der Waals surface area contributed by atoms with Crippen molar-refractivity contribution in [2.24, 2.45) is 0 Å². The van der Waals surface area contributed by atoms with Gasteiger partial charge < -0.3 is 9.47 Å². The zero-order chi connectivity index (χ0) is 16.1. The molecule has 0 atom stereocenters. The minimum Gasteiger partial charge on any atom is -0.497 e. The van der Waals surface area contributed by atoms with Crippen LogP contribution in [0.5, 0.6) is 11.5 Å². The Labute approximate surface area is 135 Å². The number of aryl methyl sites for hydroxylation is 1. The molecular weight excluding hydrogens is 300 g/mol. The van der Waals surface area contributed by atoms with Gasteiger partial charge in [-0.15, -0.1) is 0 Å². The molecule has 0 saturated heterocycles. The van der Waals surface area contributed by atoms with E-state index in [0.717, 1.165) is 16.9 Å². The molecule has 0 bridgehead atoms. The lowest BCUT2D eigenvalue weighted by molar-refractivity contribution is 0.104. The highest BCUT2D eigenvalue weighted by Gasteiger charge is 2.10. The van der Waals surface area contributed by atoms with Crippen molar-refractivity contribution in [1.29, 1.82) is 0 Å². The number of Topliss-reactive ketones (excluding diaryl/α,β-unsaturated/α-hetero) is 1. The van der Waals surface area contributed by atoms with Crippen molar-refractivity contribution >= 4 is 23.5 Å². The van der Waals surface area contributed by atoms with Gasteiger partial charge in [-0.2, -0.15) is 0 Å². The van der Waals surface area contributed by atoms with Crippen molar-refractivity contribution in [3.63, 3.8) is 0 Å². The molecule has 2 rings (SSSR count). The van der Waals surface area contributed by atoms with Crippen molar-refractivity contribution in [3.05, 3.63) is 64.2 Å². The Balaban J connectivity index is 2.23. The van der Waals surface area contributed by atoms with Crippen molar-refractivity contribution in [2.75, 3.05) is 14.2 Å². The highest BCUT2D eigenvalue weighted by Crippen LogP contribution is 2.22. The van der Waals surface area contributed by atoms with Crippen LogP contribution in [0.2, 0.25) is 0 Å². The molecule has 22 heavy (non-hydrogen) atoms. The van der Waals surface area contributed by atoms with E-state index in [4.69, 9.17) is 21.1 Å². The minimum atomic E-state index is -0.224. The van der Waals surface area contributed by atoms with E-state index in [0.29, 0.717) is 11.3 Å². The number of hydrogen-bond acceptors (Lipinski definition) is 3. The summed E-state index contributed by atoms with van der Waals surface area (Å²) >= 11 is 6.15. The van der Waals surface area contributed by atoms with Gasteiger partial charge in [-0.25, -0.2) is 0 Å². The zero-order valence-electron chi connectivity index (χ0n) is 12.7. The summed E-state index contributed by atoms with van der Waals surface area (Å²) in [7, 11) is 3.20. The Hall–Kier alpha value is -2.26. The van der Waals surface area contributed by atoms with E-state index in [1.54, 1.807) is 44.6 Å². The van der Waals surface area contributed by atoms with Gasteiger partial charge >= 0.3 is 0 Å². The first-order chi connectivity index (χ1) is 10.5. The minimum absolute atomic E-state index is 0.162. The van der Waals surface area contributed by atoms with E-state index < -0.39 is 0 Å². The summed E-state index contributed by atoms with van der Waals surface area (Å²) in [6, 6.07) is 12.5. The number of carbonyl (C=O) groups is 1. The number of halogens is 1. The Morgan fingerprint density at radius 3 is 2.27 bits per heavy atom. The first kappa shape index (κ1) is 16.1. The van der Waals surface area contributed by atoms with E-state index in [9.17, 15) is 4.79 Å². The third-order valence-electron chi connectivity index (χ3n) is 3.28. The van der Waals surface area contributed by atoms with Crippen LogP contribution < -0.4 is 9.47 Å². The van der Waals surface area contributed by atoms with Crippen molar-refractivity contribution in [2.45, 2.75) is 6.92 Å². The molecule has 0 radical (unpaired) electrons. The molecule has 0 aliphatic heterocycles. The number of hydrogen-bond donors (Lipinski definition) is 0. The average Bonchev–Trinajstić information content (AvgIpc) is 2.54. The molecule has 0 saturated carbocycles. The molecule has 0 amide bonds. The highest BCUT2D eigenvalue weighted by atomic mass is 35.5. The summed E-state index contributed by atoms with van der Waals surface area (Å²) < 4.78 is 10.3. The fourth-order valence-corrected chi connectivity index (χ4v) is 2.32. The van der Waals surface area contributed by atoms with Crippen LogP contribution in [0.25, 0.3) is 6.08 Å². The van der Waals surface area contributed by atoms with Crippen LogP contribution in [-0.4, -0.2) is 20.0 Å². The lowest BCUT2D eigenvalue weighted by Crippen LogP contribution is -1.99. The molecule has 0 spiro atoms. The number of allylic oxidation sites excluding steroid dienone is 1. The topological polar surface area (TPSA) is 35.5 Å². The van der Waals surface area contributed by atoms with E-state index >= 15 is 0 Å². The number of ketones is 1. The smallest absolute Gasteiger partial charge is 0.204 e. The quantitative estimate of drug-likeness (QED) is 0.603. The summed E-state index contributed by atoms with van der Waals surface area (Å²) in [6.07, 6.45) is 1.65. The Morgan fingerprint density at radius 1 is 1.05 bits per heavy atom. The summed E-state index contributed by atoms with van der Waals surface area (Å²) in [5.41, 5.74) is 2.36. The van der Waals surface area contributed by atoms with Crippen LogP contribution in [0.3, 0.4) is 0 Å². The van der Waals surface area contributed by atoms with Gasteiger partial charge in [-0.3, -0.25) is 4.79 Å². The number of rotatable bonds is 5. The lowest BCUT2D eigenvalue weighted by Gasteiger charge is -2.06. The van der Waals surface area contributed by atoms with Crippen molar-refractivity contribution in [1.82, 2.24) is 0 Å². The Morgan fingerprint density at radius 2 is 1.73 bits per heavy atom. The molecule has 0 unspecified atom stereocenters. The van der Waals surface area contributed by atoms with E-state index in [1.165, 1.54) is 0 Å². The molecule has 0 aromatic heterocycles. The number of ether oxygens (including phenoxy) is 2. The van der Waals surface area contributed by atoms with Crippen LogP contribution in [0.4, 0.5) is 0 Å². The number of methoxy groups -OCH3 is 2. The molecule has 114 valence electrons. The van der Waals surface area contributed by atoms with Crippen LogP contribution in [-0.2, 0) is 0 Å². The third kappa shape index (κ3) is 3.68. The summed E-state index contributed by atoms with van der Waals surface area (Å²) in [5.74, 6) is 1.27. The molecule has 2 aromatic rings. The van der Waals surface area contributed by atoms with Crippen molar-refractivity contribution in [3.8, 4) is 11.5 Å². The van der Waals surface area contributed by atoms with E-state index in [1.807, 2.05) is 25.1 Å². The van der Waals surface area contributed by atoms with Crippen LogP contribution in [0.15, 0.2) is 47.5 Å². The molecule has 0 aliphatic carbocycles. The SMILES string of the molecule is COc1ccc(C(=O)C(Cl)=Cc2ccc(OC)c(C)c2)cc1. The molecule has 0 N–H and O–H groups in total. The van der Waals surface area contributed by atoms with Crippen LogP contribution in [0, 0.1) is 6.92 Å². The maximum atomic E-state index is 12.3. The Bertz CT molecular complexity index is 703. The number of benzene rings is 2. The molecular formula is C18H17ClO3. The van der Waals surface area contributed by atoms with Crippen molar-refractivity contribution < 1.29 is 14.3 Å². The normalized spacial score (nSPS) is 11.2. The van der Waals surface area contributed by atoms with Gasteiger partial charge in [0.15, 0.2) is 0 Å². The fraction of sp³-hybridized carbons (Fsp3) is 0.167. The van der Waals surface area contributed by atoms with Gasteiger partial charge in [0.05, 0.1) is 19.3 Å². The van der Waals surface area contributed by atoms with Crippen LogP contribution >= 0.6 is 11.6 Å². The van der Waals surface area contributed by atoms with Gasteiger partial charge in [0.2, 0.25) is 5.78 Å². The number of carbonyl (C=O) groups excluding carboxylic acids is 1. The Kier molecular flexibility index (Phi) is 5.23. The molecule has 0 fully saturated rings. The lowest BCUT2D eigenvalue weighted by atomic mass is 10.1. The third-order valence-corrected chi connectivity index (χ3v) is 3.56. The van der Waals surface area contributed by atoms with E-state index in [-0.39, 0.29) is 10.8 Å². The van der Waals surface area contributed by atoms with Gasteiger partial charge in [-0.1, -0.05) is 17.7 Å². The predicted molar refractivity (Wildman–Crippen MR) is 88.9 cm³/mol. The second-order valence-electron chi connectivity index (χ2n) is 4.78. The van der Waals surface area contributed by atoms with Gasteiger partial charge in [-0.05, 0) is 60.5 Å². The fourth-order valence-electron chi connectivity index (χ4n) is 2.08. The van der Waals surface area contributed by atoms with Crippen LogP contribution in [0.1, 0.15) is 21.5 Å². The molecule has 0 heterocycles. The van der Waals surface area contributed by atoms with Gasteiger partial charge in [0, 0.05) is 5.56 Å². The molecule has 3 nitrogen and oxygen atoms in total. The summed E-state index contributed by atoms with van der Waals surface area (Å²) in [6.45, 7) is 1.94. The average molecular weight is 317 g/mol. The summed E-state index contributed by atoms with van der Waals surface area (Å²) in [4.78, 5) is 12.3. The highest BCUT2D eigenvalue weighted by molar-refractivity contribution is 6.47. The maximum absolute atomic E-state index is 12.3. The first-order valence-corrected chi connectivity index (χ1v) is 7.13. The zero-order valence-corrected chi connectivity index (χ0v) is 13.5. The second-order valence-corrected chi connectivity index (χ2v) is 5.19. The standard InChI is InChI=1S/C18H17ClO3/c1-12-10-13(4-9-17(12)22-3)11-16(19)18(20)14-5-7-15(21-2)8-6-14/h4-11H,1-3H3. The van der Waals surface area contributed by atoms with E-state index in [2.05, 4.69) is 0 Å². The molecule has 4 heteroatoms. The first-order valence-electron chi connectivity index (χ1n) is 6.75. The monoisotopic (exact) mass is 316 g/mol. The molecule has 0 aliphatic rings. The largest absolute Gasteiger partial charge is 0.497 e. The van der Waals surface area contributed by atoms with Gasteiger partial charge in [0.25, 0.3) is 0 Å². The maximum Gasteiger partial charge on any atom is 0.204 e. The summed E-state index contributed by atoms with van der Waals surface area (Å²) in [5, 5.41) is 0.162. The second kappa shape index (κ2) is 7.14. The predicted octanol–water partition coefficient (Wildman–Crippen LogP) is 4.47.